The van der Waals surface area contributed by atoms with Crippen LogP contribution in [-0.4, -0.2) is 52.1 Å². The number of nitrogens with zero attached hydrogens (tertiary/aromatic N) is 2. The Morgan fingerprint density at radius 1 is 1.33 bits per heavy atom. The number of sulfonamides is 1. The van der Waals surface area contributed by atoms with Crippen LogP contribution in [-0.2, 0) is 23.6 Å². The summed E-state index contributed by atoms with van der Waals surface area (Å²) in [6, 6.07) is 1.71. The molecule has 0 amide bonds. The fourth-order valence-electron chi connectivity index (χ4n) is 2.37. The average molecular weight is 316 g/mol. The van der Waals surface area contributed by atoms with E-state index in [9.17, 15) is 8.42 Å². The number of hydrogen-bond acceptors (Lipinski definition) is 4. The summed E-state index contributed by atoms with van der Waals surface area (Å²) in [7, 11) is 4.19. The van der Waals surface area contributed by atoms with E-state index in [1.165, 1.54) is 0 Å². The topological polar surface area (TPSA) is 66.4 Å². The highest BCUT2D eigenvalue weighted by atomic mass is 32.2. The molecule has 2 N–H and O–H groups in total. The van der Waals surface area contributed by atoms with Gasteiger partial charge in [0.05, 0.1) is 4.90 Å². The summed E-state index contributed by atoms with van der Waals surface area (Å²) in [4.78, 5) is 2.37. The maximum Gasteiger partial charge on any atom is 0.242 e. The molecule has 0 spiro atoms. The molecule has 21 heavy (non-hydrogen) atoms. The maximum atomic E-state index is 12.4. The zero-order valence-electron chi connectivity index (χ0n) is 13.9. The Morgan fingerprint density at radius 2 is 1.95 bits per heavy atom. The molecule has 122 valence electrons. The van der Waals surface area contributed by atoms with Gasteiger partial charge in [0.1, 0.15) is 0 Å². The van der Waals surface area contributed by atoms with Crippen molar-refractivity contribution in [3.63, 3.8) is 0 Å². The van der Waals surface area contributed by atoms with Gasteiger partial charge in [-0.25, -0.2) is 13.1 Å². The van der Waals surface area contributed by atoms with Crippen LogP contribution in [0.3, 0.4) is 0 Å². The van der Waals surface area contributed by atoms with Gasteiger partial charge in [-0.3, -0.25) is 0 Å². The van der Waals surface area contributed by atoms with Crippen LogP contribution in [0.1, 0.15) is 19.5 Å². The molecule has 0 bridgehead atoms. The molecule has 6 nitrogen and oxygen atoms in total. The van der Waals surface area contributed by atoms with Crippen molar-refractivity contribution in [1.29, 1.82) is 0 Å². The van der Waals surface area contributed by atoms with Crippen molar-refractivity contribution in [3.05, 3.63) is 18.0 Å². The van der Waals surface area contributed by atoms with Crippen molar-refractivity contribution in [2.24, 2.45) is 12.5 Å². The van der Waals surface area contributed by atoms with E-state index in [-0.39, 0.29) is 5.41 Å². The van der Waals surface area contributed by atoms with Gasteiger partial charge in [0, 0.05) is 38.6 Å². The highest BCUT2D eigenvalue weighted by Gasteiger charge is 2.24. The minimum atomic E-state index is -3.47. The molecule has 0 aliphatic heterocycles. The first-order valence-electron chi connectivity index (χ1n) is 7.02. The standard InChI is InChI=1S/C14H28N4O2S/c1-14(2,11-17(4)5)10-16-21(19,20)13-7-12(8-15-3)18(6)9-13/h7,9,15-16H,8,10-11H2,1-6H3. The molecule has 0 unspecified atom stereocenters. The lowest BCUT2D eigenvalue weighted by molar-refractivity contribution is 0.242. The predicted octanol–water partition coefficient (Wildman–Crippen LogP) is 0.611. The molecular formula is C14H28N4O2S. The number of rotatable bonds is 8. The van der Waals surface area contributed by atoms with Crippen LogP contribution in [0.5, 0.6) is 0 Å². The first-order valence-corrected chi connectivity index (χ1v) is 8.50. The molecule has 1 aromatic rings. The second kappa shape index (κ2) is 6.91. The Morgan fingerprint density at radius 3 is 2.48 bits per heavy atom. The molecule has 1 aromatic heterocycles. The second-order valence-electron chi connectivity index (χ2n) is 6.53. The zero-order chi connectivity index (χ0) is 16.3. The van der Waals surface area contributed by atoms with E-state index in [0.717, 1.165) is 12.2 Å². The van der Waals surface area contributed by atoms with Gasteiger partial charge < -0.3 is 14.8 Å². The predicted molar refractivity (Wildman–Crippen MR) is 85.7 cm³/mol. The number of aryl methyl sites for hydroxylation is 1. The second-order valence-corrected chi connectivity index (χ2v) is 8.30. The van der Waals surface area contributed by atoms with Crippen LogP contribution in [0.4, 0.5) is 0 Å². The molecule has 0 saturated carbocycles. The van der Waals surface area contributed by atoms with Crippen LogP contribution in [0.25, 0.3) is 0 Å². The molecule has 0 saturated heterocycles. The lowest BCUT2D eigenvalue weighted by Gasteiger charge is -2.28. The summed E-state index contributed by atoms with van der Waals surface area (Å²) in [5.41, 5.74) is 0.810. The van der Waals surface area contributed by atoms with Crippen LogP contribution in [0.15, 0.2) is 17.2 Å². The average Bonchev–Trinajstić information content (AvgIpc) is 2.69. The van der Waals surface area contributed by atoms with Gasteiger partial charge in [0.25, 0.3) is 0 Å². The molecular weight excluding hydrogens is 288 g/mol. The smallest absolute Gasteiger partial charge is 0.242 e. The summed E-state index contributed by atoms with van der Waals surface area (Å²) in [5.74, 6) is 0. The highest BCUT2D eigenvalue weighted by Crippen LogP contribution is 2.18. The minimum absolute atomic E-state index is 0.126. The molecule has 0 fully saturated rings. The quantitative estimate of drug-likeness (QED) is 0.737. The molecule has 0 aliphatic carbocycles. The van der Waals surface area contributed by atoms with Crippen molar-refractivity contribution in [2.75, 3.05) is 34.2 Å². The van der Waals surface area contributed by atoms with E-state index in [2.05, 4.69) is 14.9 Å². The van der Waals surface area contributed by atoms with E-state index >= 15 is 0 Å². The largest absolute Gasteiger partial charge is 0.352 e. The fourth-order valence-corrected chi connectivity index (χ4v) is 3.70. The maximum absolute atomic E-state index is 12.4. The van der Waals surface area contributed by atoms with Crippen LogP contribution in [0.2, 0.25) is 0 Å². The van der Waals surface area contributed by atoms with Crippen molar-refractivity contribution in [3.8, 4) is 0 Å². The number of nitrogens with one attached hydrogen (secondary N) is 2. The first-order chi connectivity index (χ1) is 9.57. The summed E-state index contributed by atoms with van der Waals surface area (Å²) in [6.45, 7) is 5.96. The Balaban J connectivity index is 2.80. The number of hydrogen-bond donors (Lipinski definition) is 2. The van der Waals surface area contributed by atoms with Gasteiger partial charge in [-0.2, -0.15) is 0 Å². The monoisotopic (exact) mass is 316 g/mol. The molecule has 7 heteroatoms. The third-order valence-electron chi connectivity index (χ3n) is 3.24. The zero-order valence-corrected chi connectivity index (χ0v) is 14.7. The van der Waals surface area contributed by atoms with Crippen molar-refractivity contribution in [2.45, 2.75) is 25.3 Å². The van der Waals surface area contributed by atoms with Gasteiger partial charge >= 0.3 is 0 Å². The summed E-state index contributed by atoms with van der Waals surface area (Å²) < 4.78 is 29.3. The van der Waals surface area contributed by atoms with Gasteiger partial charge in [-0.1, -0.05) is 13.8 Å². The van der Waals surface area contributed by atoms with E-state index in [4.69, 9.17) is 0 Å². The fraction of sp³-hybridized carbons (Fsp3) is 0.714. The normalized spacial score (nSPS) is 13.1. The third-order valence-corrected chi connectivity index (χ3v) is 4.60. The lowest BCUT2D eigenvalue weighted by Crippen LogP contribution is -2.39. The molecule has 0 aromatic carbocycles. The van der Waals surface area contributed by atoms with Crippen LogP contribution >= 0.6 is 0 Å². The van der Waals surface area contributed by atoms with Gasteiger partial charge in [0.15, 0.2) is 0 Å². The van der Waals surface area contributed by atoms with Gasteiger partial charge in [0.2, 0.25) is 10.0 Å². The minimum Gasteiger partial charge on any atom is -0.352 e. The Hall–Kier alpha value is -0.890. The van der Waals surface area contributed by atoms with Crippen molar-refractivity contribution < 1.29 is 8.42 Å². The molecule has 0 aliphatic rings. The summed E-state index contributed by atoms with van der Waals surface area (Å²) in [5, 5.41) is 3.03. The van der Waals surface area contributed by atoms with E-state index in [1.54, 1.807) is 12.3 Å². The van der Waals surface area contributed by atoms with Crippen molar-refractivity contribution >= 4 is 10.0 Å². The molecule has 1 rings (SSSR count). The summed E-state index contributed by atoms with van der Waals surface area (Å²) >= 11 is 0. The van der Waals surface area contributed by atoms with E-state index in [1.807, 2.05) is 46.6 Å². The van der Waals surface area contributed by atoms with Crippen LogP contribution in [0, 0.1) is 5.41 Å². The Kier molecular flexibility index (Phi) is 5.98. The van der Waals surface area contributed by atoms with Gasteiger partial charge in [-0.05, 0) is 32.6 Å². The number of aromatic nitrogens is 1. The highest BCUT2D eigenvalue weighted by molar-refractivity contribution is 7.89. The molecule has 1 heterocycles. The first kappa shape index (κ1) is 18.2. The van der Waals surface area contributed by atoms with Crippen molar-refractivity contribution in [1.82, 2.24) is 19.5 Å². The van der Waals surface area contributed by atoms with Gasteiger partial charge in [-0.15, -0.1) is 0 Å². The lowest BCUT2D eigenvalue weighted by atomic mass is 9.93. The Labute approximate surface area is 128 Å². The Bertz CT molecular complexity index is 562. The molecule has 0 radical (unpaired) electrons. The SMILES string of the molecule is CNCc1cc(S(=O)(=O)NCC(C)(C)CN(C)C)cn1C. The third kappa shape index (κ3) is 5.43. The van der Waals surface area contributed by atoms with E-state index < -0.39 is 10.0 Å². The van der Waals surface area contributed by atoms with E-state index in [0.29, 0.717) is 18.0 Å². The summed E-state index contributed by atoms with van der Waals surface area (Å²) in [6.07, 6.45) is 1.65. The molecule has 0 atom stereocenters. The van der Waals surface area contributed by atoms with Crippen LogP contribution < -0.4 is 10.0 Å².